The third-order valence-electron chi connectivity index (χ3n) is 18.3. The zero-order chi connectivity index (χ0) is 81.5. The second kappa shape index (κ2) is 39.9. The van der Waals surface area contributed by atoms with Gasteiger partial charge in [0.1, 0.15) is 80.5 Å². The van der Waals surface area contributed by atoms with E-state index in [0.717, 1.165) is 11.1 Å². The average Bonchev–Trinajstić information content (AvgIpc) is 0.733. The lowest BCUT2D eigenvalue weighted by Gasteiger charge is -2.33. The van der Waals surface area contributed by atoms with Gasteiger partial charge in [-0.2, -0.15) is 0 Å². The molecule has 628 valence electrons. The molecule has 2 aliphatic rings. The van der Waals surface area contributed by atoms with E-state index in [4.69, 9.17) is 81.4 Å². The Morgan fingerprint density at radius 2 is 0.328 bits per heavy atom. The molecule has 0 aromatic heterocycles. The summed E-state index contributed by atoms with van der Waals surface area (Å²) in [4.78, 5) is 0. The summed E-state index contributed by atoms with van der Waals surface area (Å²) in [5, 5.41) is 20.9. The van der Waals surface area contributed by atoms with E-state index in [0.29, 0.717) is 63.2 Å². The van der Waals surface area contributed by atoms with E-state index in [1.165, 1.54) is 40.5 Å². The highest BCUT2D eigenvalue weighted by atomic mass is 31.3. The molecule has 14 aromatic carbocycles. The second-order valence-electron chi connectivity index (χ2n) is 28.1. The number of rotatable bonds is 28. The lowest BCUT2D eigenvalue weighted by Crippen LogP contribution is -2.18. The van der Waals surface area contributed by atoms with Crippen molar-refractivity contribution in [3.8, 4) is 80.5 Å². The maximum atomic E-state index is 10.4. The Kier molecular flexibility index (Phi) is 29.6. The zero-order valence-corrected chi connectivity index (χ0v) is 70.5. The Balaban J connectivity index is 0.000000240. The first-order valence-corrected chi connectivity index (χ1v) is 46.9. The summed E-state index contributed by atoms with van der Waals surface area (Å²) in [6, 6.07) is 119. The first-order chi connectivity index (χ1) is 57.2. The van der Waals surface area contributed by atoms with Crippen molar-refractivity contribution < 1.29 is 64.5 Å². The van der Waals surface area contributed by atoms with Crippen LogP contribution in [0.2, 0.25) is 0 Å². The van der Waals surface area contributed by atoms with Crippen molar-refractivity contribution in [1.82, 2.24) is 0 Å². The highest BCUT2D eigenvalue weighted by Gasteiger charge is 2.51. The van der Waals surface area contributed by atoms with E-state index in [1.54, 1.807) is 121 Å². The highest BCUT2D eigenvalue weighted by molar-refractivity contribution is 7.79. The first kappa shape index (κ1) is 90.4. The van der Waals surface area contributed by atoms with E-state index in [9.17, 15) is 10.2 Å². The molecule has 14 aromatic rings. The van der Waals surface area contributed by atoms with Crippen LogP contribution in [-0.2, 0) is 10.8 Å². The van der Waals surface area contributed by atoms with E-state index in [2.05, 4.69) is 114 Å². The standard InChI is InChI=1S/C56H54N3O6P3.C36H30N3O8P3.4CH4/c1-43-27-31-45(32-28-43)55(3,4)47-35-39-53(40-36-47)64-67(62-51-23-15-9-16-24-51)57-66(60-49-19-11-7-12-20-49,61-50-21-13-8-14-22-50)58-68(59-67,63-52-25-17-10-18-26-52)65-54-41-37-48(38-42-54)56(5,6)46-33-29-44(2)30-34-46;40-29-26-30(41)28-36(27-29)47-50(46-35-24-14-5-15-25-35)38-48(42-31-16-6-1-7-17-31,43-32-18-8-2-9-19-32)37-49(39-50,44-33-20-10-3-11-21-33)45-34-22-12-4-13-23-34;;;;/h7-42H,1-6H3;1-28,40-41H;4*1H4. The van der Waals surface area contributed by atoms with E-state index < -0.39 is 46.0 Å². The van der Waals surface area contributed by atoms with Crippen LogP contribution in [-0.4, -0.2) is 10.2 Å². The first-order valence-electron chi connectivity index (χ1n) is 37.7. The molecule has 0 fully saturated rings. The van der Waals surface area contributed by atoms with Crippen molar-refractivity contribution in [2.24, 2.45) is 27.1 Å². The van der Waals surface area contributed by atoms with Crippen molar-refractivity contribution in [2.75, 3.05) is 0 Å². The fourth-order valence-corrected chi connectivity index (χ4v) is 30.4. The monoisotopic (exact) mass is 1750 g/mol. The number of phenolic OH excluding ortho intramolecular Hbond substituents is 2. The van der Waals surface area contributed by atoms with Gasteiger partial charge >= 0.3 is 46.0 Å². The van der Waals surface area contributed by atoms with Gasteiger partial charge in [-0.15, -0.1) is 0 Å². The van der Waals surface area contributed by atoms with Gasteiger partial charge in [0.25, 0.3) is 0 Å². The Hall–Kier alpha value is -12.3. The predicted molar refractivity (Wildman–Crippen MR) is 498 cm³/mol. The molecule has 20 nitrogen and oxygen atoms in total. The van der Waals surface area contributed by atoms with Crippen molar-refractivity contribution in [2.45, 2.75) is 82.1 Å². The number of hydrogen-bond acceptors (Lipinski definition) is 20. The predicted octanol–water partition coefficient (Wildman–Crippen LogP) is 31.8. The van der Waals surface area contributed by atoms with Gasteiger partial charge < -0.3 is 64.5 Å². The molecule has 16 rings (SSSR count). The summed E-state index contributed by atoms with van der Waals surface area (Å²) >= 11 is 0. The van der Waals surface area contributed by atoms with Gasteiger partial charge in [0.05, 0.1) is 0 Å². The lowest BCUT2D eigenvalue weighted by molar-refractivity contribution is 0.431. The minimum absolute atomic E-state index is 0. The summed E-state index contributed by atoms with van der Waals surface area (Å²) < 4.78 is 114. The molecule has 3 atom stereocenters. The third kappa shape index (κ3) is 22.8. The molecule has 2 aliphatic heterocycles. The Labute approximate surface area is 717 Å². The van der Waals surface area contributed by atoms with Crippen molar-refractivity contribution in [3.05, 3.63) is 422 Å². The topological polar surface area (TPSA) is 225 Å². The number of hydrogen-bond donors (Lipinski definition) is 2. The van der Waals surface area contributed by atoms with Crippen LogP contribution in [0.15, 0.2) is 415 Å². The molecule has 0 radical (unpaired) electrons. The average molecular weight is 1750 g/mol. The van der Waals surface area contributed by atoms with Gasteiger partial charge in [0, 0.05) is 29.0 Å². The smallest absolute Gasteiger partial charge is 0.460 e. The molecule has 122 heavy (non-hydrogen) atoms. The zero-order valence-electron chi connectivity index (χ0n) is 65.1. The van der Waals surface area contributed by atoms with Gasteiger partial charge in [-0.1, -0.05) is 332 Å². The maximum Gasteiger partial charge on any atom is 0.460 e. The quantitative estimate of drug-likeness (QED) is 0.0435. The van der Waals surface area contributed by atoms with Crippen LogP contribution >= 0.6 is 46.0 Å². The molecule has 0 amide bonds. The maximum absolute atomic E-state index is 10.4. The molecule has 0 bridgehead atoms. The third-order valence-corrected chi connectivity index (χ3v) is 34.5. The van der Waals surface area contributed by atoms with Gasteiger partial charge in [-0.3, -0.25) is 0 Å². The number of phenols is 2. The van der Waals surface area contributed by atoms with Crippen LogP contribution in [0.25, 0.3) is 0 Å². The molecule has 3 unspecified atom stereocenters. The fourth-order valence-electron chi connectivity index (χ4n) is 12.3. The Bertz CT molecular complexity index is 5720. The van der Waals surface area contributed by atoms with Crippen LogP contribution in [0.4, 0.5) is 0 Å². The van der Waals surface area contributed by atoms with Crippen LogP contribution in [0.1, 0.15) is 90.8 Å². The van der Waals surface area contributed by atoms with Gasteiger partial charge in [-0.25, -0.2) is 0 Å². The second-order valence-corrected chi connectivity index (χ2v) is 40.5. The Morgan fingerprint density at radius 1 is 0.189 bits per heavy atom. The van der Waals surface area contributed by atoms with Crippen LogP contribution in [0.3, 0.4) is 0 Å². The molecule has 0 aliphatic carbocycles. The number of para-hydroxylation sites is 9. The minimum Gasteiger partial charge on any atom is -0.508 e. The van der Waals surface area contributed by atoms with E-state index in [-0.39, 0.29) is 57.8 Å². The molecule has 0 saturated carbocycles. The number of nitrogens with zero attached hydrogens (tertiary/aromatic N) is 6. The molecule has 2 N–H and O–H groups in total. The lowest BCUT2D eigenvalue weighted by atomic mass is 9.78. The van der Waals surface area contributed by atoms with Crippen LogP contribution in [0, 0.1) is 13.8 Å². The SMILES string of the molecule is C.C.C.C.Cc1ccc(C(C)(C)c2ccc(OP3(Oc4ccccc4)=NP(Oc4ccccc4)(Oc4ccccc4)=NP(Oc4ccccc4)(Oc4ccc(C(C)(C)c5ccc(C)cc5)cc4)=N3)cc2)cc1.Oc1cc(O)cc(OP2(Oc3ccccc3)=NP(Oc3ccccc3)(Oc3ccccc3)=NP(Oc3ccccc3)(Oc3ccccc3)=N2)c1. The normalized spacial score (nSPS) is 16.8. The summed E-state index contributed by atoms with van der Waals surface area (Å²) in [5.41, 5.74) is 6.35. The molecule has 0 spiro atoms. The molecule has 2 heterocycles. The summed E-state index contributed by atoms with van der Waals surface area (Å²) in [5.74, 6) is 4.06. The molecular weight excluding hydrogens is 1650 g/mol. The summed E-state index contributed by atoms with van der Waals surface area (Å²) in [7, 11) is -24.3. The van der Waals surface area contributed by atoms with Gasteiger partial charge in [-0.05, 0) is 170 Å². The number of benzene rings is 14. The van der Waals surface area contributed by atoms with Crippen LogP contribution < -0.4 is 54.3 Å². The highest BCUT2D eigenvalue weighted by Crippen LogP contribution is 2.81. The van der Waals surface area contributed by atoms with Gasteiger partial charge in [0.15, 0.2) is 0 Å². The van der Waals surface area contributed by atoms with E-state index >= 15 is 0 Å². The largest absolute Gasteiger partial charge is 0.508 e. The summed E-state index contributed by atoms with van der Waals surface area (Å²) in [6.45, 7) is 13.0. The van der Waals surface area contributed by atoms with Crippen molar-refractivity contribution in [1.29, 1.82) is 0 Å². The van der Waals surface area contributed by atoms with Crippen molar-refractivity contribution in [3.63, 3.8) is 0 Å². The molecule has 26 heteroatoms. The van der Waals surface area contributed by atoms with Gasteiger partial charge in [0.2, 0.25) is 0 Å². The number of aromatic hydroxyl groups is 2. The molecule has 0 saturated heterocycles. The summed E-state index contributed by atoms with van der Waals surface area (Å²) in [6.07, 6.45) is 0. The fraction of sp³-hybridized carbons (Fsp3) is 0.125. The van der Waals surface area contributed by atoms with Crippen molar-refractivity contribution >= 4 is 46.0 Å². The van der Waals surface area contributed by atoms with E-state index in [1.807, 2.05) is 176 Å². The number of aryl methyl sites for hydroxylation is 2. The van der Waals surface area contributed by atoms with Crippen LogP contribution in [0.5, 0.6) is 80.5 Å². The minimum atomic E-state index is -4.13. The Morgan fingerprint density at radius 3 is 0.492 bits per heavy atom. The molecular formula is C96H100N6O14P6.